The maximum Gasteiger partial charge on any atom is 0.263 e. The molecule has 3 aromatic rings. The smallest absolute Gasteiger partial charge is 0.263 e. The molecule has 0 amide bonds. The Morgan fingerprint density at radius 2 is 2.04 bits per heavy atom. The molecule has 0 radical (unpaired) electrons. The van der Waals surface area contributed by atoms with Crippen molar-refractivity contribution < 1.29 is 9.47 Å². The third-order valence-electron chi connectivity index (χ3n) is 4.41. The van der Waals surface area contributed by atoms with Crippen LogP contribution in [0.25, 0.3) is 21.3 Å². The molecule has 0 aliphatic carbocycles. The zero-order valence-corrected chi connectivity index (χ0v) is 16.6. The Bertz CT molecular complexity index is 989. The molecule has 2 heterocycles. The minimum Gasteiger partial charge on any atom is -0.497 e. The summed E-state index contributed by atoms with van der Waals surface area (Å²) in [6, 6.07) is 7.81. The second kappa shape index (κ2) is 7.60. The molecular weight excluding hydrogens is 348 g/mol. The molecule has 3 rings (SSSR count). The number of aryl methyl sites for hydroxylation is 1. The van der Waals surface area contributed by atoms with E-state index in [1.165, 1.54) is 0 Å². The fourth-order valence-electron chi connectivity index (χ4n) is 3.18. The standard InChI is InChI=1S/C20H24N2O3S/c1-12(2)18-21-19-17(20(23)22(18)9-10-24-4)16(13(3)26-19)14-7-6-8-15(11-14)25-5/h6-8,11-12H,9-10H2,1-5H3. The molecule has 0 aliphatic rings. The average molecular weight is 372 g/mol. The van der Waals surface area contributed by atoms with Gasteiger partial charge in [-0.3, -0.25) is 9.36 Å². The third kappa shape index (κ3) is 3.27. The highest BCUT2D eigenvalue weighted by molar-refractivity contribution is 7.19. The molecule has 0 unspecified atom stereocenters. The van der Waals surface area contributed by atoms with E-state index in [2.05, 4.69) is 13.8 Å². The van der Waals surface area contributed by atoms with Gasteiger partial charge in [0.05, 0.1) is 25.6 Å². The molecule has 2 aromatic heterocycles. The first-order valence-electron chi connectivity index (χ1n) is 8.65. The summed E-state index contributed by atoms with van der Waals surface area (Å²) >= 11 is 1.57. The van der Waals surface area contributed by atoms with Gasteiger partial charge in [0.1, 0.15) is 16.4 Å². The summed E-state index contributed by atoms with van der Waals surface area (Å²) in [4.78, 5) is 20.1. The Morgan fingerprint density at radius 1 is 1.27 bits per heavy atom. The van der Waals surface area contributed by atoms with Crippen LogP contribution in [0.5, 0.6) is 5.75 Å². The molecule has 138 valence electrons. The number of hydrogen-bond donors (Lipinski definition) is 0. The van der Waals surface area contributed by atoms with Crippen molar-refractivity contribution in [3.63, 3.8) is 0 Å². The zero-order chi connectivity index (χ0) is 18.8. The van der Waals surface area contributed by atoms with Crippen molar-refractivity contribution in [3.8, 4) is 16.9 Å². The Kier molecular flexibility index (Phi) is 5.44. The van der Waals surface area contributed by atoms with Crippen LogP contribution in [0.4, 0.5) is 0 Å². The van der Waals surface area contributed by atoms with Crippen molar-refractivity contribution >= 4 is 21.6 Å². The first-order chi connectivity index (χ1) is 12.5. The van der Waals surface area contributed by atoms with Gasteiger partial charge < -0.3 is 9.47 Å². The lowest BCUT2D eigenvalue weighted by Crippen LogP contribution is -2.27. The molecule has 0 fully saturated rings. The van der Waals surface area contributed by atoms with Crippen molar-refractivity contribution in [3.05, 3.63) is 45.3 Å². The van der Waals surface area contributed by atoms with Crippen molar-refractivity contribution in [2.45, 2.75) is 33.2 Å². The van der Waals surface area contributed by atoms with E-state index in [1.807, 2.05) is 31.2 Å². The van der Waals surface area contributed by atoms with Crippen LogP contribution in [-0.4, -0.2) is 30.4 Å². The number of rotatable bonds is 6. The number of methoxy groups -OCH3 is 2. The van der Waals surface area contributed by atoms with Gasteiger partial charge >= 0.3 is 0 Å². The van der Waals surface area contributed by atoms with E-state index in [0.717, 1.165) is 32.4 Å². The number of fused-ring (bicyclic) bond motifs is 1. The molecule has 0 saturated carbocycles. The van der Waals surface area contributed by atoms with Crippen molar-refractivity contribution in [2.24, 2.45) is 0 Å². The SMILES string of the molecule is COCCn1c(C(C)C)nc2sc(C)c(-c3cccc(OC)c3)c2c1=O. The number of aromatic nitrogens is 2. The molecule has 0 saturated heterocycles. The van der Waals surface area contributed by atoms with Gasteiger partial charge in [-0.25, -0.2) is 4.98 Å². The summed E-state index contributed by atoms with van der Waals surface area (Å²) in [5.74, 6) is 1.73. The molecule has 0 aliphatic heterocycles. The van der Waals surface area contributed by atoms with Crippen molar-refractivity contribution in [1.82, 2.24) is 9.55 Å². The Labute approximate surface area is 157 Å². The monoisotopic (exact) mass is 372 g/mol. The maximum absolute atomic E-state index is 13.4. The van der Waals surface area contributed by atoms with E-state index >= 15 is 0 Å². The summed E-state index contributed by atoms with van der Waals surface area (Å²) in [5.41, 5.74) is 1.92. The number of hydrogen-bond acceptors (Lipinski definition) is 5. The Balaban J connectivity index is 2.31. The van der Waals surface area contributed by atoms with Gasteiger partial charge in [-0.1, -0.05) is 26.0 Å². The van der Waals surface area contributed by atoms with Gasteiger partial charge in [0.2, 0.25) is 0 Å². The van der Waals surface area contributed by atoms with Gasteiger partial charge in [-0.05, 0) is 24.6 Å². The van der Waals surface area contributed by atoms with Gasteiger partial charge in [-0.2, -0.15) is 0 Å². The summed E-state index contributed by atoms with van der Waals surface area (Å²) in [7, 11) is 3.29. The number of nitrogens with zero attached hydrogens (tertiary/aromatic N) is 2. The topological polar surface area (TPSA) is 53.4 Å². The van der Waals surface area contributed by atoms with Gasteiger partial charge in [0.15, 0.2) is 0 Å². The summed E-state index contributed by atoms with van der Waals surface area (Å²) in [6.07, 6.45) is 0. The lowest BCUT2D eigenvalue weighted by molar-refractivity contribution is 0.184. The minimum atomic E-state index is -0.00193. The van der Waals surface area contributed by atoms with Crippen molar-refractivity contribution in [1.29, 1.82) is 0 Å². The highest BCUT2D eigenvalue weighted by Gasteiger charge is 2.21. The van der Waals surface area contributed by atoms with Gasteiger partial charge in [-0.15, -0.1) is 11.3 Å². The molecule has 1 aromatic carbocycles. The van der Waals surface area contributed by atoms with E-state index in [0.29, 0.717) is 18.5 Å². The normalized spacial score (nSPS) is 11.5. The predicted octanol–water partition coefficient (Wildman–Crippen LogP) is 4.21. The van der Waals surface area contributed by atoms with Crippen molar-refractivity contribution in [2.75, 3.05) is 20.8 Å². The first kappa shape index (κ1) is 18.6. The predicted molar refractivity (Wildman–Crippen MR) is 107 cm³/mol. The van der Waals surface area contributed by atoms with E-state index in [9.17, 15) is 4.79 Å². The van der Waals surface area contributed by atoms with Crippen LogP contribution >= 0.6 is 11.3 Å². The fourth-order valence-corrected chi connectivity index (χ4v) is 4.22. The molecule has 0 spiro atoms. The number of ether oxygens (including phenoxy) is 2. The molecule has 26 heavy (non-hydrogen) atoms. The zero-order valence-electron chi connectivity index (χ0n) is 15.8. The van der Waals surface area contributed by atoms with E-state index in [4.69, 9.17) is 14.5 Å². The highest BCUT2D eigenvalue weighted by Crippen LogP contribution is 2.37. The second-order valence-corrected chi connectivity index (χ2v) is 7.72. The van der Waals surface area contributed by atoms with Gasteiger partial charge in [0, 0.05) is 23.5 Å². The number of benzene rings is 1. The van der Waals surface area contributed by atoms with Crippen LogP contribution in [0, 0.1) is 6.92 Å². The second-order valence-electron chi connectivity index (χ2n) is 6.52. The molecule has 0 N–H and O–H groups in total. The summed E-state index contributed by atoms with van der Waals surface area (Å²) in [5, 5.41) is 0.682. The van der Waals surface area contributed by atoms with Gasteiger partial charge in [0.25, 0.3) is 5.56 Å². The van der Waals surface area contributed by atoms with Crippen LogP contribution < -0.4 is 10.3 Å². The van der Waals surface area contributed by atoms with Crippen LogP contribution in [0.1, 0.15) is 30.5 Å². The highest BCUT2D eigenvalue weighted by atomic mass is 32.1. The van der Waals surface area contributed by atoms with Crippen LogP contribution in [0.2, 0.25) is 0 Å². The third-order valence-corrected chi connectivity index (χ3v) is 5.41. The average Bonchev–Trinajstić information content (AvgIpc) is 2.97. The maximum atomic E-state index is 13.4. The quantitative estimate of drug-likeness (QED) is 0.650. The van der Waals surface area contributed by atoms with Crippen LogP contribution in [0.3, 0.4) is 0 Å². The van der Waals surface area contributed by atoms with Crippen LogP contribution in [-0.2, 0) is 11.3 Å². The van der Waals surface area contributed by atoms with E-state index in [-0.39, 0.29) is 11.5 Å². The Hall–Kier alpha value is -2.18. The molecule has 0 atom stereocenters. The van der Waals surface area contributed by atoms with Crippen LogP contribution in [0.15, 0.2) is 29.1 Å². The first-order valence-corrected chi connectivity index (χ1v) is 9.46. The molecular formula is C20H24N2O3S. The van der Waals surface area contributed by atoms with E-state index in [1.54, 1.807) is 30.1 Å². The Morgan fingerprint density at radius 3 is 2.69 bits per heavy atom. The fraction of sp³-hybridized carbons (Fsp3) is 0.400. The lowest BCUT2D eigenvalue weighted by atomic mass is 10.0. The number of thiophene rings is 1. The van der Waals surface area contributed by atoms with E-state index < -0.39 is 0 Å². The molecule has 5 nitrogen and oxygen atoms in total. The molecule has 0 bridgehead atoms. The molecule has 6 heteroatoms. The summed E-state index contributed by atoms with van der Waals surface area (Å²) < 4.78 is 12.3. The summed E-state index contributed by atoms with van der Waals surface area (Å²) in [6.45, 7) is 7.12. The largest absolute Gasteiger partial charge is 0.497 e. The minimum absolute atomic E-state index is 0.00193. The lowest BCUT2D eigenvalue weighted by Gasteiger charge is -2.15.